The van der Waals surface area contributed by atoms with Gasteiger partial charge in [-0.3, -0.25) is 9.59 Å². The first kappa shape index (κ1) is 12.4. The Hall–Kier alpha value is -2.08. The number of hydrogen-bond acceptors (Lipinski definition) is 5. The second kappa shape index (κ2) is 5.05. The number of carbonyl (C=O) groups is 2. The van der Waals surface area contributed by atoms with Crippen LogP contribution in [0.5, 0.6) is 0 Å². The molecular weight excluding hydrogens is 236 g/mol. The number of amides is 1. The van der Waals surface area contributed by atoms with Gasteiger partial charge in [0.25, 0.3) is 0 Å². The van der Waals surface area contributed by atoms with Crippen molar-refractivity contribution in [3.05, 3.63) is 30.2 Å². The van der Waals surface area contributed by atoms with Crippen molar-refractivity contribution in [2.75, 3.05) is 13.7 Å². The number of carbonyl (C=O) groups excluding carboxylic acids is 2. The lowest BCUT2D eigenvalue weighted by Gasteiger charge is -2.43. The van der Waals surface area contributed by atoms with Gasteiger partial charge in [0.05, 0.1) is 19.4 Å². The van der Waals surface area contributed by atoms with Crippen LogP contribution < -0.4 is 5.73 Å². The van der Waals surface area contributed by atoms with Crippen LogP contribution in [0.25, 0.3) is 6.08 Å². The second-order valence-corrected chi connectivity index (χ2v) is 3.93. The van der Waals surface area contributed by atoms with Crippen molar-refractivity contribution in [2.24, 2.45) is 5.73 Å². The number of hydrogen-bond donors (Lipinski definition) is 1. The topological polar surface area (TPSA) is 85.8 Å². The summed E-state index contributed by atoms with van der Waals surface area (Å²) in [5.74, 6) is -0.0549. The van der Waals surface area contributed by atoms with Crippen LogP contribution in [0.2, 0.25) is 0 Å². The van der Waals surface area contributed by atoms with E-state index in [-0.39, 0.29) is 18.5 Å². The first-order chi connectivity index (χ1) is 8.63. The Morgan fingerprint density at radius 1 is 1.67 bits per heavy atom. The Labute approximate surface area is 104 Å². The van der Waals surface area contributed by atoms with Gasteiger partial charge in [-0.05, 0) is 18.2 Å². The van der Waals surface area contributed by atoms with Gasteiger partial charge in [-0.1, -0.05) is 6.08 Å². The predicted octanol–water partition coefficient (Wildman–Crippen LogP) is 0.00390. The third-order valence-corrected chi connectivity index (χ3v) is 2.82. The number of ether oxygens (including phenoxy) is 1. The number of likely N-dealkylation sites (tertiary alicyclic amines) is 1. The fourth-order valence-corrected chi connectivity index (χ4v) is 1.79. The largest absolute Gasteiger partial charge is 0.468 e. The van der Waals surface area contributed by atoms with Crippen LogP contribution in [-0.4, -0.2) is 42.5 Å². The molecule has 6 nitrogen and oxygen atoms in total. The molecule has 0 spiro atoms. The predicted molar refractivity (Wildman–Crippen MR) is 63.2 cm³/mol. The third-order valence-electron chi connectivity index (χ3n) is 2.82. The van der Waals surface area contributed by atoms with Crippen LogP contribution in [0.3, 0.4) is 0 Å². The molecule has 2 heterocycles. The summed E-state index contributed by atoms with van der Waals surface area (Å²) in [7, 11) is 1.28. The molecule has 1 amide bonds. The maximum absolute atomic E-state index is 11.5. The lowest BCUT2D eigenvalue weighted by molar-refractivity contribution is -0.156. The maximum atomic E-state index is 11.5. The minimum Gasteiger partial charge on any atom is -0.468 e. The quantitative estimate of drug-likeness (QED) is 0.600. The summed E-state index contributed by atoms with van der Waals surface area (Å²) in [6, 6.07) is 2.63. The molecule has 1 aliphatic rings. The summed E-state index contributed by atoms with van der Waals surface area (Å²) in [5.41, 5.74) is 5.69. The summed E-state index contributed by atoms with van der Waals surface area (Å²) < 4.78 is 9.65. The standard InChI is InChI=1S/C12H14N2O4/c1-17-10(15)7-14-9(11(13)12(14)16)5-4-8-3-2-6-18-8/h2-6,9,11H,7,13H2,1H3/b5-4-. The zero-order chi connectivity index (χ0) is 13.1. The van der Waals surface area contributed by atoms with E-state index in [1.54, 1.807) is 30.5 Å². The average molecular weight is 250 g/mol. The minimum absolute atomic E-state index is 0.0871. The summed E-state index contributed by atoms with van der Waals surface area (Å²) >= 11 is 0. The van der Waals surface area contributed by atoms with Gasteiger partial charge in [0, 0.05) is 0 Å². The molecule has 6 heteroatoms. The molecule has 2 unspecified atom stereocenters. The SMILES string of the molecule is COC(=O)CN1C(=O)C(N)C1/C=C\c1ccco1. The smallest absolute Gasteiger partial charge is 0.325 e. The monoisotopic (exact) mass is 250 g/mol. The van der Waals surface area contributed by atoms with Crippen molar-refractivity contribution >= 4 is 18.0 Å². The molecule has 96 valence electrons. The average Bonchev–Trinajstić information content (AvgIpc) is 2.89. The lowest BCUT2D eigenvalue weighted by Crippen LogP contribution is -2.68. The number of esters is 1. The van der Waals surface area contributed by atoms with Crippen LogP contribution >= 0.6 is 0 Å². The molecule has 1 aromatic rings. The summed E-state index contributed by atoms with van der Waals surface area (Å²) in [5, 5.41) is 0. The number of nitrogens with two attached hydrogens (primary N) is 1. The van der Waals surface area contributed by atoms with Gasteiger partial charge in [-0.2, -0.15) is 0 Å². The van der Waals surface area contributed by atoms with Crippen molar-refractivity contribution in [3.63, 3.8) is 0 Å². The molecule has 0 aliphatic carbocycles. The molecule has 1 aromatic heterocycles. The van der Waals surface area contributed by atoms with E-state index in [0.717, 1.165) is 0 Å². The van der Waals surface area contributed by atoms with Crippen molar-refractivity contribution in [2.45, 2.75) is 12.1 Å². The normalized spacial score (nSPS) is 23.2. The molecule has 2 N–H and O–H groups in total. The summed E-state index contributed by atoms with van der Waals surface area (Å²) in [6.45, 7) is -0.0871. The Bertz CT molecular complexity index is 466. The highest BCUT2D eigenvalue weighted by Crippen LogP contribution is 2.20. The van der Waals surface area contributed by atoms with Crippen LogP contribution in [-0.2, 0) is 14.3 Å². The first-order valence-corrected chi connectivity index (χ1v) is 5.48. The van der Waals surface area contributed by atoms with Crippen molar-refractivity contribution in [1.29, 1.82) is 0 Å². The fraction of sp³-hybridized carbons (Fsp3) is 0.333. The van der Waals surface area contributed by atoms with E-state index in [0.29, 0.717) is 5.76 Å². The molecule has 1 aliphatic heterocycles. The zero-order valence-corrected chi connectivity index (χ0v) is 9.91. The van der Waals surface area contributed by atoms with Crippen LogP contribution in [0, 0.1) is 0 Å². The van der Waals surface area contributed by atoms with Gasteiger partial charge in [-0.25, -0.2) is 0 Å². The van der Waals surface area contributed by atoms with Gasteiger partial charge in [0.2, 0.25) is 5.91 Å². The number of methoxy groups -OCH3 is 1. The minimum atomic E-state index is -0.610. The summed E-state index contributed by atoms with van der Waals surface area (Å²) in [6.07, 6.45) is 5.02. The molecule has 18 heavy (non-hydrogen) atoms. The summed E-state index contributed by atoms with van der Waals surface area (Å²) in [4.78, 5) is 24.0. The molecule has 2 rings (SSSR count). The van der Waals surface area contributed by atoms with Crippen molar-refractivity contribution in [1.82, 2.24) is 4.90 Å². The first-order valence-electron chi connectivity index (χ1n) is 5.48. The molecule has 0 aromatic carbocycles. The van der Waals surface area contributed by atoms with Crippen molar-refractivity contribution < 1.29 is 18.7 Å². The Morgan fingerprint density at radius 3 is 3.06 bits per heavy atom. The van der Waals surface area contributed by atoms with Crippen molar-refractivity contribution in [3.8, 4) is 0 Å². The van der Waals surface area contributed by atoms with Gasteiger partial charge in [-0.15, -0.1) is 0 Å². The molecule has 1 saturated heterocycles. The zero-order valence-electron chi connectivity index (χ0n) is 9.91. The third kappa shape index (κ3) is 2.28. The Morgan fingerprint density at radius 2 is 2.44 bits per heavy atom. The van der Waals surface area contributed by atoms with Gasteiger partial charge in [0.15, 0.2) is 0 Å². The van der Waals surface area contributed by atoms with Gasteiger partial charge in [0.1, 0.15) is 18.3 Å². The highest BCUT2D eigenvalue weighted by atomic mass is 16.5. The molecule has 2 atom stereocenters. The van der Waals surface area contributed by atoms with E-state index in [1.165, 1.54) is 12.0 Å². The van der Waals surface area contributed by atoms with Gasteiger partial charge >= 0.3 is 5.97 Å². The van der Waals surface area contributed by atoms with E-state index >= 15 is 0 Å². The highest BCUT2D eigenvalue weighted by molar-refractivity contribution is 5.93. The van der Waals surface area contributed by atoms with E-state index in [1.807, 2.05) is 0 Å². The number of β-lactam (4-membered cyclic amide) rings is 1. The fourth-order valence-electron chi connectivity index (χ4n) is 1.79. The second-order valence-electron chi connectivity index (χ2n) is 3.93. The molecule has 0 saturated carbocycles. The molecule has 0 radical (unpaired) electrons. The molecule has 0 bridgehead atoms. The van der Waals surface area contributed by atoms with E-state index < -0.39 is 12.0 Å². The highest BCUT2D eigenvalue weighted by Gasteiger charge is 2.44. The van der Waals surface area contributed by atoms with Crippen LogP contribution in [0.1, 0.15) is 5.76 Å². The lowest BCUT2D eigenvalue weighted by atomic mass is 9.95. The number of rotatable bonds is 4. The number of furan rings is 1. The van der Waals surface area contributed by atoms with E-state index in [4.69, 9.17) is 10.2 Å². The molecule has 1 fully saturated rings. The molecular formula is C12H14N2O4. The van der Waals surface area contributed by atoms with E-state index in [2.05, 4.69) is 4.74 Å². The van der Waals surface area contributed by atoms with E-state index in [9.17, 15) is 9.59 Å². The Balaban J connectivity index is 2.02. The Kier molecular flexibility index (Phi) is 3.47. The van der Waals surface area contributed by atoms with Crippen LogP contribution in [0.4, 0.5) is 0 Å². The van der Waals surface area contributed by atoms with Crippen LogP contribution in [0.15, 0.2) is 28.9 Å². The number of nitrogens with zero attached hydrogens (tertiary/aromatic N) is 1. The maximum Gasteiger partial charge on any atom is 0.325 e. The van der Waals surface area contributed by atoms with Gasteiger partial charge < -0.3 is 19.8 Å².